The second-order valence-electron chi connectivity index (χ2n) is 4.63. The van der Waals surface area contributed by atoms with E-state index in [4.69, 9.17) is 5.73 Å². The monoisotopic (exact) mass is 309 g/mol. The van der Waals surface area contributed by atoms with Crippen molar-refractivity contribution in [3.63, 3.8) is 0 Å². The molecule has 0 bridgehead atoms. The van der Waals surface area contributed by atoms with Gasteiger partial charge in [-0.25, -0.2) is 4.98 Å². The van der Waals surface area contributed by atoms with Gasteiger partial charge in [-0.1, -0.05) is 0 Å². The molecule has 0 unspecified atom stereocenters. The van der Waals surface area contributed by atoms with Crippen molar-refractivity contribution in [2.45, 2.75) is 25.6 Å². The number of nitrogens with two attached hydrogens (primary N) is 1. The lowest BCUT2D eigenvalue weighted by Gasteiger charge is -2.17. The molecule has 1 aromatic rings. The van der Waals surface area contributed by atoms with Crippen LogP contribution in [0.25, 0.3) is 0 Å². The molecule has 1 fully saturated rings. The number of rotatable bonds is 1. The number of likely N-dealkylation sites (tertiary alicyclic amines) is 1. The molecule has 8 heteroatoms. The molecule has 2 heterocycles. The Morgan fingerprint density at radius 2 is 2.10 bits per heavy atom. The van der Waals surface area contributed by atoms with Crippen LogP contribution in [0, 0.1) is 6.92 Å². The Labute approximate surface area is 120 Å². The van der Waals surface area contributed by atoms with Gasteiger partial charge in [-0.3, -0.25) is 4.79 Å². The highest BCUT2D eigenvalue weighted by molar-refractivity contribution is 5.95. The van der Waals surface area contributed by atoms with Crippen molar-refractivity contribution in [1.29, 1.82) is 0 Å². The number of hydrogen-bond donors (Lipinski definition) is 1. The van der Waals surface area contributed by atoms with Crippen molar-refractivity contribution in [2.24, 2.45) is 5.73 Å². The van der Waals surface area contributed by atoms with E-state index in [2.05, 4.69) is 4.98 Å². The number of nitrogens with zero attached hydrogens (tertiary/aromatic N) is 2. The molecular weight excluding hydrogens is 295 g/mol. The van der Waals surface area contributed by atoms with Crippen molar-refractivity contribution in [3.05, 3.63) is 29.1 Å². The van der Waals surface area contributed by atoms with Crippen LogP contribution in [0.15, 0.2) is 12.1 Å². The van der Waals surface area contributed by atoms with Crippen LogP contribution in [0.2, 0.25) is 0 Å². The lowest BCUT2D eigenvalue weighted by Crippen LogP contribution is -2.32. The molecule has 0 radical (unpaired) electrons. The van der Waals surface area contributed by atoms with E-state index in [1.165, 1.54) is 13.0 Å². The SMILES string of the molecule is Cc1nc(C(F)(F)F)ccc1C(=O)N1CC[C@@H](N)C1.Cl. The van der Waals surface area contributed by atoms with E-state index in [1.807, 2.05) is 0 Å². The summed E-state index contributed by atoms with van der Waals surface area (Å²) in [6, 6.07) is 1.94. The fourth-order valence-corrected chi connectivity index (χ4v) is 2.09. The largest absolute Gasteiger partial charge is 0.433 e. The minimum absolute atomic E-state index is 0. The molecule has 1 aromatic heterocycles. The molecule has 1 aliphatic heterocycles. The van der Waals surface area contributed by atoms with Crippen molar-refractivity contribution >= 4 is 18.3 Å². The van der Waals surface area contributed by atoms with E-state index in [9.17, 15) is 18.0 Å². The molecule has 1 atom stereocenters. The fourth-order valence-electron chi connectivity index (χ4n) is 2.09. The van der Waals surface area contributed by atoms with Crippen LogP contribution in [0.5, 0.6) is 0 Å². The van der Waals surface area contributed by atoms with Crippen LogP contribution < -0.4 is 5.73 Å². The van der Waals surface area contributed by atoms with Gasteiger partial charge in [-0.05, 0) is 25.5 Å². The average molecular weight is 310 g/mol. The Hall–Kier alpha value is -1.34. The Morgan fingerprint density at radius 1 is 1.45 bits per heavy atom. The zero-order valence-corrected chi connectivity index (χ0v) is 11.6. The predicted octanol–water partition coefficient (Wildman–Crippen LogP) is 2.00. The maximum Gasteiger partial charge on any atom is 0.433 e. The molecular formula is C12H15ClF3N3O. The summed E-state index contributed by atoms with van der Waals surface area (Å²) in [5.74, 6) is -0.313. The third-order valence-corrected chi connectivity index (χ3v) is 3.12. The van der Waals surface area contributed by atoms with Gasteiger partial charge in [0.2, 0.25) is 0 Å². The fraction of sp³-hybridized carbons (Fsp3) is 0.500. The van der Waals surface area contributed by atoms with E-state index in [0.717, 1.165) is 6.07 Å². The third-order valence-electron chi connectivity index (χ3n) is 3.12. The van der Waals surface area contributed by atoms with Gasteiger partial charge in [0, 0.05) is 19.1 Å². The normalized spacial score (nSPS) is 18.9. The van der Waals surface area contributed by atoms with Crippen molar-refractivity contribution in [1.82, 2.24) is 9.88 Å². The number of alkyl halides is 3. The van der Waals surface area contributed by atoms with Crippen molar-refractivity contribution in [3.8, 4) is 0 Å². The molecule has 0 spiro atoms. The van der Waals surface area contributed by atoms with Gasteiger partial charge < -0.3 is 10.6 Å². The molecule has 0 aromatic carbocycles. The van der Waals surface area contributed by atoms with Gasteiger partial charge in [0.1, 0.15) is 5.69 Å². The van der Waals surface area contributed by atoms with Gasteiger partial charge in [0.25, 0.3) is 5.91 Å². The number of pyridine rings is 1. The van der Waals surface area contributed by atoms with Crippen LogP contribution in [0.1, 0.15) is 28.2 Å². The number of carbonyl (C=O) groups excluding carboxylic acids is 1. The molecule has 20 heavy (non-hydrogen) atoms. The summed E-state index contributed by atoms with van der Waals surface area (Å²) in [6.07, 6.45) is -3.79. The second-order valence-corrected chi connectivity index (χ2v) is 4.63. The number of aryl methyl sites for hydroxylation is 1. The van der Waals surface area contributed by atoms with Gasteiger partial charge >= 0.3 is 6.18 Å². The molecule has 112 valence electrons. The maximum atomic E-state index is 12.5. The zero-order chi connectivity index (χ0) is 14.2. The Morgan fingerprint density at radius 3 is 2.55 bits per heavy atom. The van der Waals surface area contributed by atoms with E-state index < -0.39 is 11.9 Å². The first kappa shape index (κ1) is 16.7. The first-order valence-corrected chi connectivity index (χ1v) is 5.88. The van der Waals surface area contributed by atoms with Crippen LogP contribution in [0.4, 0.5) is 13.2 Å². The number of hydrogen-bond acceptors (Lipinski definition) is 3. The van der Waals surface area contributed by atoms with Crippen LogP contribution in [0.3, 0.4) is 0 Å². The quantitative estimate of drug-likeness (QED) is 0.863. The van der Waals surface area contributed by atoms with Crippen molar-refractivity contribution < 1.29 is 18.0 Å². The van der Waals surface area contributed by atoms with Crippen LogP contribution in [-0.4, -0.2) is 34.9 Å². The van der Waals surface area contributed by atoms with Crippen molar-refractivity contribution in [2.75, 3.05) is 13.1 Å². The highest BCUT2D eigenvalue weighted by Gasteiger charge is 2.33. The summed E-state index contributed by atoms with van der Waals surface area (Å²) in [6.45, 7) is 2.36. The first-order chi connectivity index (χ1) is 8.79. The number of carbonyl (C=O) groups is 1. The highest BCUT2D eigenvalue weighted by Crippen LogP contribution is 2.28. The first-order valence-electron chi connectivity index (χ1n) is 5.88. The van der Waals surface area contributed by atoms with E-state index in [0.29, 0.717) is 19.5 Å². The molecule has 0 saturated carbocycles. The molecule has 2 rings (SSSR count). The van der Waals surface area contributed by atoms with E-state index in [1.54, 1.807) is 4.90 Å². The minimum Gasteiger partial charge on any atom is -0.337 e. The molecule has 4 nitrogen and oxygen atoms in total. The third kappa shape index (κ3) is 3.40. The molecule has 2 N–H and O–H groups in total. The second kappa shape index (κ2) is 5.97. The van der Waals surface area contributed by atoms with E-state index >= 15 is 0 Å². The number of halogens is 4. The summed E-state index contributed by atoms with van der Waals surface area (Å²) in [5, 5.41) is 0. The Bertz CT molecular complexity index is 507. The topological polar surface area (TPSA) is 59.2 Å². The Balaban J connectivity index is 0.00000200. The molecule has 1 saturated heterocycles. The molecule has 1 amide bonds. The summed E-state index contributed by atoms with van der Waals surface area (Å²) in [5.41, 5.74) is 5.00. The summed E-state index contributed by atoms with van der Waals surface area (Å²) >= 11 is 0. The van der Waals surface area contributed by atoms with Gasteiger partial charge in [-0.2, -0.15) is 13.2 Å². The zero-order valence-electron chi connectivity index (χ0n) is 10.8. The standard InChI is InChI=1S/C12H14F3N3O.ClH/c1-7-9(2-3-10(17-7)12(13,14)15)11(19)18-5-4-8(16)6-18;/h2-3,8H,4-6,16H2,1H3;1H/t8-;/m1./s1. The summed E-state index contributed by atoms with van der Waals surface area (Å²) in [4.78, 5) is 17.1. The predicted molar refractivity (Wildman–Crippen MR) is 69.7 cm³/mol. The van der Waals surface area contributed by atoms with Crippen LogP contribution in [-0.2, 0) is 6.18 Å². The van der Waals surface area contributed by atoms with E-state index in [-0.39, 0.29) is 35.6 Å². The van der Waals surface area contributed by atoms with Gasteiger partial charge in [0.05, 0.1) is 11.3 Å². The molecule has 0 aliphatic carbocycles. The Kier molecular flexibility index (Phi) is 4.99. The number of amides is 1. The summed E-state index contributed by atoms with van der Waals surface area (Å²) in [7, 11) is 0. The minimum atomic E-state index is -4.50. The summed E-state index contributed by atoms with van der Waals surface area (Å²) < 4.78 is 37.4. The van der Waals surface area contributed by atoms with Gasteiger partial charge in [0.15, 0.2) is 0 Å². The highest BCUT2D eigenvalue weighted by atomic mass is 35.5. The van der Waals surface area contributed by atoms with Crippen LogP contribution >= 0.6 is 12.4 Å². The lowest BCUT2D eigenvalue weighted by atomic mass is 10.1. The number of aromatic nitrogens is 1. The maximum absolute atomic E-state index is 12.5. The molecule has 1 aliphatic rings. The van der Waals surface area contributed by atoms with Gasteiger partial charge in [-0.15, -0.1) is 12.4 Å². The lowest BCUT2D eigenvalue weighted by molar-refractivity contribution is -0.141. The smallest absolute Gasteiger partial charge is 0.337 e. The average Bonchev–Trinajstić information content (AvgIpc) is 2.73.